The van der Waals surface area contributed by atoms with Crippen molar-refractivity contribution in [1.29, 1.82) is 0 Å². The van der Waals surface area contributed by atoms with E-state index in [9.17, 15) is 4.79 Å². The highest BCUT2D eigenvalue weighted by Gasteiger charge is 2.22. The molecule has 1 heterocycles. The first kappa shape index (κ1) is 13.7. The number of carbonyl (C=O) groups is 1. The fourth-order valence-electron chi connectivity index (χ4n) is 2.27. The second kappa shape index (κ2) is 7.02. The van der Waals surface area contributed by atoms with Crippen LogP contribution in [-0.2, 0) is 9.53 Å². The first-order valence-corrected chi connectivity index (χ1v) is 6.41. The molecule has 16 heavy (non-hydrogen) atoms. The van der Waals surface area contributed by atoms with Gasteiger partial charge in [0.1, 0.15) is 5.78 Å². The summed E-state index contributed by atoms with van der Waals surface area (Å²) in [6.45, 7) is 7.66. The fourth-order valence-corrected chi connectivity index (χ4v) is 2.27. The smallest absolute Gasteiger partial charge is 0.149 e. The molecule has 3 heteroatoms. The Morgan fingerprint density at radius 1 is 1.56 bits per heavy atom. The molecule has 0 aromatic rings. The van der Waals surface area contributed by atoms with Crippen molar-refractivity contribution < 1.29 is 9.53 Å². The number of Topliss-reactive ketones (excluding diaryl/α,β-unsaturated/α-hetero) is 1. The summed E-state index contributed by atoms with van der Waals surface area (Å²) < 4.78 is 5.19. The lowest BCUT2D eigenvalue weighted by Gasteiger charge is -2.32. The minimum absolute atomic E-state index is 0.211. The largest absolute Gasteiger partial charge is 0.384 e. The number of hydrogen-bond acceptors (Lipinski definition) is 3. The van der Waals surface area contributed by atoms with Gasteiger partial charge in [-0.1, -0.05) is 13.8 Å². The number of ether oxygens (including phenoxy) is 1. The molecule has 94 valence electrons. The number of rotatable bonds is 6. The first-order valence-electron chi connectivity index (χ1n) is 6.41. The van der Waals surface area contributed by atoms with E-state index in [-0.39, 0.29) is 5.92 Å². The highest BCUT2D eigenvalue weighted by molar-refractivity contribution is 5.82. The van der Waals surface area contributed by atoms with Gasteiger partial charge in [-0.15, -0.1) is 0 Å². The van der Waals surface area contributed by atoms with Crippen molar-refractivity contribution >= 4 is 5.78 Å². The average molecular weight is 227 g/mol. The summed E-state index contributed by atoms with van der Waals surface area (Å²) >= 11 is 0. The maximum absolute atomic E-state index is 11.8. The Hall–Kier alpha value is -0.410. The summed E-state index contributed by atoms with van der Waals surface area (Å²) in [6, 6.07) is 0. The molecule has 1 saturated heterocycles. The summed E-state index contributed by atoms with van der Waals surface area (Å²) in [5.74, 6) is 1.21. The van der Waals surface area contributed by atoms with Crippen molar-refractivity contribution in [3.63, 3.8) is 0 Å². The molecule has 0 aromatic heterocycles. The van der Waals surface area contributed by atoms with Gasteiger partial charge < -0.3 is 4.74 Å². The number of nitrogens with zero attached hydrogens (tertiary/aromatic N) is 1. The zero-order valence-electron chi connectivity index (χ0n) is 10.9. The van der Waals surface area contributed by atoms with Crippen LogP contribution in [0, 0.1) is 11.8 Å². The summed E-state index contributed by atoms with van der Waals surface area (Å²) in [6.07, 6.45) is 3.39. The van der Waals surface area contributed by atoms with E-state index in [4.69, 9.17) is 4.74 Å². The van der Waals surface area contributed by atoms with E-state index >= 15 is 0 Å². The Morgan fingerprint density at radius 2 is 2.31 bits per heavy atom. The van der Waals surface area contributed by atoms with Crippen LogP contribution >= 0.6 is 0 Å². The number of likely N-dealkylation sites (tertiary alicyclic amines) is 1. The van der Waals surface area contributed by atoms with Gasteiger partial charge in [0.05, 0.1) is 13.2 Å². The van der Waals surface area contributed by atoms with Gasteiger partial charge in [0.15, 0.2) is 0 Å². The summed E-state index contributed by atoms with van der Waals surface area (Å²) in [5, 5.41) is 0. The molecule has 2 atom stereocenters. The lowest BCUT2D eigenvalue weighted by Crippen LogP contribution is -2.41. The van der Waals surface area contributed by atoms with Crippen LogP contribution in [0.4, 0.5) is 0 Å². The predicted octanol–water partition coefficient (Wildman–Crippen LogP) is 1.96. The predicted molar refractivity (Wildman–Crippen MR) is 65.5 cm³/mol. The Bertz CT molecular complexity index is 216. The van der Waals surface area contributed by atoms with Crippen LogP contribution < -0.4 is 0 Å². The van der Waals surface area contributed by atoms with Crippen molar-refractivity contribution in [2.24, 2.45) is 11.8 Å². The lowest BCUT2D eigenvalue weighted by atomic mass is 9.97. The van der Waals surface area contributed by atoms with Crippen LogP contribution in [0.3, 0.4) is 0 Å². The second-order valence-corrected chi connectivity index (χ2v) is 4.97. The van der Waals surface area contributed by atoms with E-state index in [1.165, 1.54) is 12.8 Å². The van der Waals surface area contributed by atoms with Gasteiger partial charge in [0.2, 0.25) is 0 Å². The van der Waals surface area contributed by atoms with E-state index in [0.717, 1.165) is 26.1 Å². The zero-order valence-corrected chi connectivity index (χ0v) is 10.9. The number of methoxy groups -OCH3 is 1. The zero-order chi connectivity index (χ0) is 12.0. The molecule has 3 nitrogen and oxygen atoms in total. The third-order valence-electron chi connectivity index (χ3n) is 3.55. The van der Waals surface area contributed by atoms with Crippen LogP contribution in [0.25, 0.3) is 0 Å². The standard InChI is InChI=1S/C13H25NO2/c1-4-11(2)13(15)9-14-7-5-6-12(8-14)10-16-3/h11-12H,4-10H2,1-3H3. The Labute approximate surface area is 99.1 Å². The molecule has 2 unspecified atom stereocenters. The second-order valence-electron chi connectivity index (χ2n) is 4.97. The van der Waals surface area contributed by atoms with Crippen LogP contribution in [-0.4, -0.2) is 44.0 Å². The van der Waals surface area contributed by atoms with Crippen LogP contribution in [0.1, 0.15) is 33.1 Å². The minimum Gasteiger partial charge on any atom is -0.384 e. The summed E-state index contributed by atoms with van der Waals surface area (Å²) in [4.78, 5) is 14.1. The summed E-state index contributed by atoms with van der Waals surface area (Å²) in [5.41, 5.74) is 0. The topological polar surface area (TPSA) is 29.5 Å². The molecular weight excluding hydrogens is 202 g/mol. The van der Waals surface area contributed by atoms with Gasteiger partial charge in [-0.05, 0) is 31.7 Å². The molecule has 0 aromatic carbocycles. The molecule has 0 amide bonds. The van der Waals surface area contributed by atoms with Crippen LogP contribution in [0.15, 0.2) is 0 Å². The van der Waals surface area contributed by atoms with Gasteiger partial charge >= 0.3 is 0 Å². The third-order valence-corrected chi connectivity index (χ3v) is 3.55. The monoisotopic (exact) mass is 227 g/mol. The molecule has 0 bridgehead atoms. The average Bonchev–Trinajstić information content (AvgIpc) is 2.29. The van der Waals surface area contributed by atoms with Gasteiger partial charge in [-0.3, -0.25) is 9.69 Å². The Kier molecular flexibility index (Phi) is 5.99. The first-order chi connectivity index (χ1) is 7.67. The van der Waals surface area contributed by atoms with Gasteiger partial charge in [-0.2, -0.15) is 0 Å². The van der Waals surface area contributed by atoms with Gasteiger partial charge in [0, 0.05) is 19.6 Å². The van der Waals surface area contributed by atoms with E-state index in [2.05, 4.69) is 11.8 Å². The Morgan fingerprint density at radius 3 is 2.94 bits per heavy atom. The third kappa shape index (κ3) is 4.22. The number of hydrogen-bond donors (Lipinski definition) is 0. The number of ketones is 1. The number of carbonyl (C=O) groups excluding carboxylic acids is 1. The van der Waals surface area contributed by atoms with E-state index in [1.54, 1.807) is 7.11 Å². The van der Waals surface area contributed by atoms with E-state index in [1.807, 2.05) is 6.92 Å². The molecule has 1 fully saturated rings. The Balaban J connectivity index is 2.33. The molecular formula is C13H25NO2. The van der Waals surface area contributed by atoms with Crippen LogP contribution in [0.5, 0.6) is 0 Å². The van der Waals surface area contributed by atoms with E-state index < -0.39 is 0 Å². The van der Waals surface area contributed by atoms with Crippen molar-refractivity contribution in [3.05, 3.63) is 0 Å². The van der Waals surface area contributed by atoms with Crippen molar-refractivity contribution in [2.45, 2.75) is 33.1 Å². The molecule has 1 aliphatic rings. The lowest BCUT2D eigenvalue weighted by molar-refractivity contribution is -0.124. The molecule has 0 aliphatic carbocycles. The highest BCUT2D eigenvalue weighted by Crippen LogP contribution is 2.17. The van der Waals surface area contributed by atoms with Crippen LogP contribution in [0.2, 0.25) is 0 Å². The minimum atomic E-state index is 0.211. The SMILES string of the molecule is CCC(C)C(=O)CN1CCCC(COC)C1. The normalized spacial score (nSPS) is 24.3. The molecule has 1 rings (SSSR count). The molecule has 1 aliphatic heterocycles. The highest BCUT2D eigenvalue weighted by atomic mass is 16.5. The molecule has 0 radical (unpaired) electrons. The van der Waals surface area contributed by atoms with E-state index in [0.29, 0.717) is 18.2 Å². The van der Waals surface area contributed by atoms with Gasteiger partial charge in [0.25, 0.3) is 0 Å². The molecule has 0 spiro atoms. The van der Waals surface area contributed by atoms with Gasteiger partial charge in [-0.25, -0.2) is 0 Å². The van der Waals surface area contributed by atoms with Crippen molar-refractivity contribution in [1.82, 2.24) is 4.90 Å². The molecule has 0 saturated carbocycles. The molecule has 0 N–H and O–H groups in total. The number of piperidine rings is 1. The van der Waals surface area contributed by atoms with Crippen molar-refractivity contribution in [2.75, 3.05) is 33.4 Å². The quantitative estimate of drug-likeness (QED) is 0.694. The maximum atomic E-state index is 11.8. The summed E-state index contributed by atoms with van der Waals surface area (Å²) in [7, 11) is 1.75. The maximum Gasteiger partial charge on any atom is 0.149 e. The fraction of sp³-hybridized carbons (Fsp3) is 0.923. The van der Waals surface area contributed by atoms with Crippen molar-refractivity contribution in [3.8, 4) is 0 Å².